The number of benzene rings is 2. The highest BCUT2D eigenvalue weighted by Crippen LogP contribution is 2.34. The summed E-state index contributed by atoms with van der Waals surface area (Å²) in [7, 11) is 1.45. The van der Waals surface area contributed by atoms with Crippen LogP contribution in [0.5, 0.6) is 11.5 Å². The van der Waals surface area contributed by atoms with Crippen molar-refractivity contribution in [1.82, 2.24) is 10.3 Å². The van der Waals surface area contributed by atoms with E-state index in [1.165, 1.54) is 49.6 Å². The molecule has 2 aromatic carbocycles. The molecular formula is C24H22F4N4O3. The van der Waals surface area contributed by atoms with Gasteiger partial charge < -0.3 is 20.7 Å². The van der Waals surface area contributed by atoms with Crippen molar-refractivity contribution in [2.45, 2.75) is 25.9 Å². The number of hydrogen-bond donors (Lipinski definition) is 3. The van der Waals surface area contributed by atoms with E-state index in [1.54, 1.807) is 6.92 Å². The summed E-state index contributed by atoms with van der Waals surface area (Å²) >= 11 is 0. The van der Waals surface area contributed by atoms with Crippen LogP contribution in [0.3, 0.4) is 0 Å². The number of hydrogen-bond acceptors (Lipinski definition) is 4. The minimum absolute atomic E-state index is 0.0837. The molecule has 3 N–H and O–H groups in total. The molecule has 0 bridgehead atoms. The van der Waals surface area contributed by atoms with Gasteiger partial charge in [-0.1, -0.05) is 19.4 Å². The monoisotopic (exact) mass is 490 g/mol. The minimum atomic E-state index is -4.57. The van der Waals surface area contributed by atoms with Gasteiger partial charge in [0.2, 0.25) is 0 Å². The van der Waals surface area contributed by atoms with Crippen LogP contribution in [0.25, 0.3) is 0 Å². The predicted molar refractivity (Wildman–Crippen MR) is 122 cm³/mol. The van der Waals surface area contributed by atoms with E-state index in [0.717, 1.165) is 12.1 Å². The lowest BCUT2D eigenvalue weighted by molar-refractivity contribution is -0.138. The Labute approximate surface area is 198 Å². The second kappa shape index (κ2) is 10.9. The number of amides is 3. The first-order chi connectivity index (χ1) is 16.6. The second-order valence-corrected chi connectivity index (χ2v) is 7.40. The molecule has 0 aliphatic heterocycles. The van der Waals surface area contributed by atoms with Crippen molar-refractivity contribution in [2.24, 2.45) is 0 Å². The lowest BCUT2D eigenvalue weighted by Crippen LogP contribution is -2.21. The zero-order chi connectivity index (χ0) is 25.6. The number of carbonyl (C=O) groups excluding carboxylic acids is 2. The molecule has 0 fully saturated rings. The first-order valence-electron chi connectivity index (χ1n) is 10.5. The molecule has 3 aromatic rings. The third-order valence-corrected chi connectivity index (χ3v) is 4.81. The maximum Gasteiger partial charge on any atom is 0.416 e. The number of nitrogens with zero attached hydrogens (tertiary/aromatic N) is 1. The summed E-state index contributed by atoms with van der Waals surface area (Å²) in [6.45, 7) is 1.77. The summed E-state index contributed by atoms with van der Waals surface area (Å²) < 4.78 is 60.1. The van der Waals surface area contributed by atoms with Gasteiger partial charge in [-0.2, -0.15) is 13.2 Å². The molecule has 0 unspecified atom stereocenters. The van der Waals surface area contributed by atoms with Crippen LogP contribution in [0, 0.1) is 5.82 Å². The van der Waals surface area contributed by atoms with Crippen LogP contribution in [0.1, 0.15) is 35.0 Å². The smallest absolute Gasteiger partial charge is 0.416 e. The fourth-order valence-corrected chi connectivity index (χ4v) is 3.21. The third kappa shape index (κ3) is 6.69. The second-order valence-electron chi connectivity index (χ2n) is 7.40. The highest BCUT2D eigenvalue weighted by atomic mass is 19.4. The molecule has 1 aromatic heterocycles. The number of rotatable bonds is 7. The third-order valence-electron chi connectivity index (χ3n) is 4.81. The lowest BCUT2D eigenvalue weighted by Gasteiger charge is -2.15. The van der Waals surface area contributed by atoms with Crippen molar-refractivity contribution in [3.8, 4) is 11.5 Å². The van der Waals surface area contributed by atoms with Gasteiger partial charge in [0, 0.05) is 31.1 Å². The maximum absolute atomic E-state index is 14.5. The van der Waals surface area contributed by atoms with Crippen molar-refractivity contribution >= 4 is 23.3 Å². The molecule has 35 heavy (non-hydrogen) atoms. The molecule has 0 atom stereocenters. The standard InChI is InChI=1S/C24H22F4N4O3/c1-3-4-14-5-6-15(11-18(14)24(26,27)28)31-23(34)32-20-8-7-16(12-19(20)25)35-17-9-10-30-21(13-17)22(33)29-2/h5-13H,3-4H2,1-2H3,(H,29,33)(H2,31,32,34). The fraction of sp³-hybridized carbons (Fsp3) is 0.208. The number of aromatic nitrogens is 1. The molecule has 184 valence electrons. The van der Waals surface area contributed by atoms with Crippen molar-refractivity contribution < 1.29 is 31.9 Å². The number of nitrogens with one attached hydrogen (secondary N) is 3. The zero-order valence-electron chi connectivity index (χ0n) is 18.8. The van der Waals surface area contributed by atoms with E-state index in [-0.39, 0.29) is 40.6 Å². The van der Waals surface area contributed by atoms with E-state index in [9.17, 15) is 27.2 Å². The minimum Gasteiger partial charge on any atom is -0.457 e. The molecule has 11 heteroatoms. The molecule has 3 rings (SSSR count). The Balaban J connectivity index is 1.69. The van der Waals surface area contributed by atoms with Crippen LogP contribution in [-0.2, 0) is 12.6 Å². The number of carbonyl (C=O) groups is 2. The number of alkyl halides is 3. The molecule has 0 saturated heterocycles. The summed E-state index contributed by atoms with van der Waals surface area (Å²) in [5, 5.41) is 6.96. The van der Waals surface area contributed by atoms with Gasteiger partial charge in [-0.3, -0.25) is 9.78 Å². The SMILES string of the molecule is CCCc1ccc(NC(=O)Nc2ccc(Oc3ccnc(C(=O)NC)c3)cc2F)cc1C(F)(F)F. The highest BCUT2D eigenvalue weighted by molar-refractivity contribution is 6.00. The normalized spacial score (nSPS) is 11.0. The van der Waals surface area contributed by atoms with Crippen LogP contribution in [0.4, 0.5) is 33.7 Å². The molecule has 0 radical (unpaired) electrons. The van der Waals surface area contributed by atoms with E-state index in [4.69, 9.17) is 4.74 Å². The first-order valence-corrected chi connectivity index (χ1v) is 10.5. The van der Waals surface area contributed by atoms with Gasteiger partial charge in [0.1, 0.15) is 23.0 Å². The Hall–Kier alpha value is -4.15. The molecule has 0 aliphatic carbocycles. The van der Waals surface area contributed by atoms with Crippen molar-refractivity contribution in [3.05, 3.63) is 77.4 Å². The summed E-state index contributed by atoms with van der Waals surface area (Å²) in [6.07, 6.45) is -2.44. The molecule has 0 spiro atoms. The quantitative estimate of drug-likeness (QED) is 0.355. The molecule has 0 aliphatic rings. The van der Waals surface area contributed by atoms with Crippen LogP contribution < -0.4 is 20.7 Å². The number of anilines is 2. The lowest BCUT2D eigenvalue weighted by atomic mass is 10.0. The van der Waals surface area contributed by atoms with Crippen LogP contribution in [0.15, 0.2) is 54.7 Å². The number of ether oxygens (including phenoxy) is 1. The van der Waals surface area contributed by atoms with Crippen molar-refractivity contribution in [1.29, 1.82) is 0 Å². The number of halogens is 4. The fourth-order valence-electron chi connectivity index (χ4n) is 3.21. The van der Waals surface area contributed by atoms with Gasteiger partial charge in [0.25, 0.3) is 5.91 Å². The van der Waals surface area contributed by atoms with Gasteiger partial charge in [0.15, 0.2) is 0 Å². The van der Waals surface area contributed by atoms with E-state index in [2.05, 4.69) is 20.9 Å². The average Bonchev–Trinajstić information content (AvgIpc) is 2.81. The average molecular weight is 490 g/mol. The van der Waals surface area contributed by atoms with E-state index in [0.29, 0.717) is 6.42 Å². The van der Waals surface area contributed by atoms with E-state index >= 15 is 0 Å². The summed E-state index contributed by atoms with van der Waals surface area (Å²) in [5.41, 5.74) is -0.893. The summed E-state index contributed by atoms with van der Waals surface area (Å²) in [5.74, 6) is -0.936. The van der Waals surface area contributed by atoms with Gasteiger partial charge in [0.05, 0.1) is 11.3 Å². The van der Waals surface area contributed by atoms with Gasteiger partial charge >= 0.3 is 12.2 Å². The number of pyridine rings is 1. The summed E-state index contributed by atoms with van der Waals surface area (Å²) in [4.78, 5) is 27.8. The van der Waals surface area contributed by atoms with Crippen LogP contribution in [-0.4, -0.2) is 24.0 Å². The van der Waals surface area contributed by atoms with Crippen LogP contribution >= 0.6 is 0 Å². The van der Waals surface area contributed by atoms with Crippen LogP contribution in [0.2, 0.25) is 0 Å². The zero-order valence-corrected chi connectivity index (χ0v) is 18.8. The Bertz CT molecular complexity index is 1230. The Kier molecular flexibility index (Phi) is 7.90. The van der Waals surface area contributed by atoms with Gasteiger partial charge in [-0.15, -0.1) is 0 Å². The number of aryl methyl sites for hydroxylation is 1. The largest absolute Gasteiger partial charge is 0.457 e. The highest BCUT2D eigenvalue weighted by Gasteiger charge is 2.33. The maximum atomic E-state index is 14.5. The molecule has 7 nitrogen and oxygen atoms in total. The van der Waals surface area contributed by atoms with E-state index < -0.39 is 29.5 Å². The predicted octanol–water partition coefficient (Wildman–Crippen LogP) is 5.99. The molecular weight excluding hydrogens is 468 g/mol. The van der Waals surface area contributed by atoms with Gasteiger partial charge in [-0.05, 0) is 42.3 Å². The van der Waals surface area contributed by atoms with Gasteiger partial charge in [-0.25, -0.2) is 9.18 Å². The molecule has 0 saturated carbocycles. The molecule has 3 amide bonds. The Morgan fingerprint density at radius 1 is 1.00 bits per heavy atom. The Morgan fingerprint density at radius 3 is 2.40 bits per heavy atom. The summed E-state index contributed by atoms with van der Waals surface area (Å²) in [6, 6.07) is 9.06. The molecule has 1 heterocycles. The first kappa shape index (κ1) is 25.5. The van der Waals surface area contributed by atoms with Crippen molar-refractivity contribution in [3.63, 3.8) is 0 Å². The topological polar surface area (TPSA) is 92.3 Å². The number of urea groups is 1. The Morgan fingerprint density at radius 2 is 1.74 bits per heavy atom. The van der Waals surface area contributed by atoms with E-state index in [1.807, 2.05) is 0 Å². The van der Waals surface area contributed by atoms with Crippen molar-refractivity contribution in [2.75, 3.05) is 17.7 Å².